The van der Waals surface area contributed by atoms with Gasteiger partial charge in [-0.1, -0.05) is 78.9 Å². The van der Waals surface area contributed by atoms with E-state index in [1.165, 1.54) is 30.3 Å². The normalized spacial score (nSPS) is 13.9. The molecule has 0 fully saturated rings. The number of rotatable bonds is 8. The number of anilines is 1. The number of ketones is 2. The molecule has 1 heterocycles. The van der Waals surface area contributed by atoms with E-state index in [9.17, 15) is 28.1 Å². The predicted octanol–water partition coefficient (Wildman–Crippen LogP) is 5.15. The molecule has 39 heavy (non-hydrogen) atoms. The Morgan fingerprint density at radius 2 is 1.33 bits per heavy atom. The van der Waals surface area contributed by atoms with Crippen molar-refractivity contribution in [2.24, 2.45) is 0 Å². The van der Waals surface area contributed by atoms with Crippen molar-refractivity contribution in [2.45, 2.75) is 4.90 Å². The van der Waals surface area contributed by atoms with Gasteiger partial charge in [0.15, 0.2) is 5.78 Å². The molecule has 0 aliphatic carbocycles. The van der Waals surface area contributed by atoms with Gasteiger partial charge in [0, 0.05) is 34.5 Å². The highest BCUT2D eigenvalue weighted by atomic mass is 32.2. The van der Waals surface area contributed by atoms with Crippen LogP contribution in [0, 0.1) is 10.1 Å². The predicted molar refractivity (Wildman–Crippen MR) is 146 cm³/mol. The fourth-order valence-corrected chi connectivity index (χ4v) is 5.93. The summed E-state index contributed by atoms with van der Waals surface area (Å²) in [4.78, 5) is 37.7. The van der Waals surface area contributed by atoms with Crippen LogP contribution in [0.5, 0.6) is 0 Å². The van der Waals surface area contributed by atoms with E-state index in [-0.39, 0.29) is 33.1 Å². The third-order valence-electron chi connectivity index (χ3n) is 6.19. The Morgan fingerprint density at radius 3 is 1.95 bits per heavy atom. The summed E-state index contributed by atoms with van der Waals surface area (Å²) < 4.78 is 28.7. The molecule has 0 unspecified atom stereocenters. The van der Waals surface area contributed by atoms with Crippen LogP contribution in [-0.2, 0) is 10.0 Å². The van der Waals surface area contributed by atoms with Crippen LogP contribution in [0.15, 0.2) is 120 Å². The van der Waals surface area contributed by atoms with Gasteiger partial charge >= 0.3 is 0 Å². The highest BCUT2D eigenvalue weighted by Gasteiger charge is 2.41. The minimum Gasteiger partial charge on any atom is -0.353 e. The van der Waals surface area contributed by atoms with Gasteiger partial charge in [-0.3, -0.25) is 24.0 Å². The molecule has 10 heteroatoms. The lowest BCUT2D eigenvalue weighted by atomic mass is 10.0. The second-order valence-corrected chi connectivity index (χ2v) is 10.5. The van der Waals surface area contributed by atoms with Crippen molar-refractivity contribution in [1.82, 2.24) is 4.31 Å². The van der Waals surface area contributed by atoms with Crippen LogP contribution in [0.1, 0.15) is 26.3 Å². The van der Waals surface area contributed by atoms with Crippen LogP contribution < -0.4 is 5.32 Å². The molecule has 0 amide bonds. The molecule has 0 saturated carbocycles. The lowest BCUT2D eigenvalue weighted by molar-refractivity contribution is -0.384. The van der Waals surface area contributed by atoms with Gasteiger partial charge in [-0.15, -0.1) is 0 Å². The molecule has 5 rings (SSSR count). The Balaban J connectivity index is 1.72. The molecule has 0 radical (unpaired) electrons. The number of fused-ring (bicyclic) bond motifs is 1. The van der Waals surface area contributed by atoms with Crippen molar-refractivity contribution in [2.75, 3.05) is 11.9 Å². The van der Waals surface area contributed by atoms with Gasteiger partial charge in [0.1, 0.15) is 5.70 Å². The summed E-state index contributed by atoms with van der Waals surface area (Å²) >= 11 is 0. The SMILES string of the molecule is O=C(CN1C(C(=O)c2ccccc2)=C(Nc2ccc([N+](=O)[O-])cc2)c2ccccc2S1(=O)=O)c1ccccc1. The molecule has 1 aliphatic heterocycles. The zero-order valence-corrected chi connectivity index (χ0v) is 21.2. The first-order valence-corrected chi connectivity index (χ1v) is 13.3. The number of hydrogen-bond donors (Lipinski definition) is 1. The molecular weight excluding hydrogens is 518 g/mol. The van der Waals surface area contributed by atoms with E-state index in [2.05, 4.69) is 5.32 Å². The van der Waals surface area contributed by atoms with Crippen molar-refractivity contribution in [3.05, 3.63) is 142 Å². The number of carbonyl (C=O) groups is 2. The Labute approximate surface area is 224 Å². The van der Waals surface area contributed by atoms with E-state index < -0.39 is 33.1 Å². The molecular formula is C29H21N3O6S. The van der Waals surface area contributed by atoms with Gasteiger partial charge in [-0.2, -0.15) is 0 Å². The standard InChI is InChI=1S/C29H21N3O6S/c33-25(20-9-3-1-4-10-20)19-31-28(29(34)21-11-5-2-6-12-21)27(24-13-7-8-14-26(24)39(31,37)38)30-22-15-17-23(18-16-22)32(35)36/h1-18,30H,19H2. The van der Waals surface area contributed by atoms with Crippen LogP contribution in [0.4, 0.5) is 11.4 Å². The van der Waals surface area contributed by atoms with Crippen molar-refractivity contribution < 1.29 is 22.9 Å². The van der Waals surface area contributed by atoms with E-state index in [0.717, 1.165) is 4.31 Å². The number of nitro benzene ring substituents is 1. The van der Waals surface area contributed by atoms with Gasteiger partial charge in [0.05, 0.1) is 22.1 Å². The highest BCUT2D eigenvalue weighted by Crippen LogP contribution is 2.39. The molecule has 1 aliphatic rings. The van der Waals surface area contributed by atoms with Crippen molar-refractivity contribution in [1.29, 1.82) is 0 Å². The Bertz CT molecular complexity index is 1720. The fraction of sp³-hybridized carbons (Fsp3) is 0.0345. The van der Waals surface area contributed by atoms with Gasteiger partial charge in [-0.05, 0) is 18.2 Å². The number of hydrogen-bond acceptors (Lipinski definition) is 7. The van der Waals surface area contributed by atoms with Crippen LogP contribution in [0.3, 0.4) is 0 Å². The average Bonchev–Trinajstić information content (AvgIpc) is 2.96. The summed E-state index contributed by atoms with van der Waals surface area (Å²) in [6.07, 6.45) is 0. The minimum atomic E-state index is -4.33. The lowest BCUT2D eigenvalue weighted by Crippen LogP contribution is -2.42. The van der Waals surface area contributed by atoms with Crippen molar-refractivity contribution in [3.63, 3.8) is 0 Å². The summed E-state index contributed by atoms with van der Waals surface area (Å²) in [6, 6.07) is 28.1. The third-order valence-corrected chi connectivity index (χ3v) is 8.00. The second-order valence-electron chi connectivity index (χ2n) is 8.64. The maximum Gasteiger partial charge on any atom is 0.269 e. The summed E-state index contributed by atoms with van der Waals surface area (Å²) in [6.45, 7) is -0.611. The number of nitro groups is 1. The van der Waals surface area contributed by atoms with Gasteiger partial charge in [-0.25, -0.2) is 8.42 Å². The maximum absolute atomic E-state index is 14.0. The Morgan fingerprint density at radius 1 is 0.769 bits per heavy atom. The molecule has 0 spiro atoms. The van der Waals surface area contributed by atoms with E-state index in [0.29, 0.717) is 11.3 Å². The van der Waals surface area contributed by atoms with E-state index >= 15 is 0 Å². The topological polar surface area (TPSA) is 127 Å². The van der Waals surface area contributed by atoms with E-state index in [1.54, 1.807) is 78.9 Å². The van der Waals surface area contributed by atoms with Crippen molar-refractivity contribution >= 4 is 38.7 Å². The Kier molecular flexibility index (Phi) is 6.78. The zero-order chi connectivity index (χ0) is 27.6. The number of nitrogens with one attached hydrogen (secondary N) is 1. The van der Waals surface area contributed by atoms with Crippen LogP contribution >= 0.6 is 0 Å². The maximum atomic E-state index is 14.0. The minimum absolute atomic E-state index is 0.0834. The summed E-state index contributed by atoms with van der Waals surface area (Å²) in [5, 5.41) is 14.2. The monoisotopic (exact) mass is 539 g/mol. The molecule has 0 aromatic heterocycles. The summed E-state index contributed by atoms with van der Waals surface area (Å²) in [5.74, 6) is -1.11. The molecule has 0 saturated heterocycles. The lowest BCUT2D eigenvalue weighted by Gasteiger charge is -2.33. The summed E-state index contributed by atoms with van der Waals surface area (Å²) in [5.41, 5.74) is 0.935. The fourth-order valence-electron chi connectivity index (χ4n) is 4.29. The molecule has 4 aromatic rings. The molecule has 1 N–H and O–H groups in total. The first-order chi connectivity index (χ1) is 18.8. The quantitative estimate of drug-likeness (QED) is 0.186. The molecule has 194 valence electrons. The van der Waals surface area contributed by atoms with Crippen LogP contribution in [-0.4, -0.2) is 35.8 Å². The number of sulfonamides is 1. The average molecular weight is 540 g/mol. The number of non-ortho nitro benzene ring substituents is 1. The zero-order valence-electron chi connectivity index (χ0n) is 20.4. The van der Waals surface area contributed by atoms with Crippen molar-refractivity contribution in [3.8, 4) is 0 Å². The number of allylic oxidation sites excluding steroid dienone is 1. The van der Waals surface area contributed by atoms with Gasteiger partial charge < -0.3 is 5.32 Å². The first kappa shape index (κ1) is 25.6. The molecule has 0 atom stereocenters. The largest absolute Gasteiger partial charge is 0.353 e. The third kappa shape index (κ3) is 4.92. The number of benzene rings is 4. The molecule has 0 bridgehead atoms. The second kappa shape index (κ2) is 10.3. The van der Waals surface area contributed by atoms with E-state index in [1.807, 2.05) is 0 Å². The smallest absolute Gasteiger partial charge is 0.269 e. The van der Waals surface area contributed by atoms with Gasteiger partial charge in [0.2, 0.25) is 5.78 Å². The van der Waals surface area contributed by atoms with Crippen LogP contribution in [0.25, 0.3) is 5.70 Å². The number of carbonyl (C=O) groups excluding carboxylic acids is 2. The molecule has 4 aromatic carbocycles. The Hall–Kier alpha value is -5.09. The summed E-state index contributed by atoms with van der Waals surface area (Å²) in [7, 11) is -4.33. The van der Waals surface area contributed by atoms with E-state index in [4.69, 9.17) is 0 Å². The number of Topliss-reactive ketones (excluding diaryl/α,β-unsaturated/α-hetero) is 2. The van der Waals surface area contributed by atoms with Crippen LogP contribution in [0.2, 0.25) is 0 Å². The molecule has 9 nitrogen and oxygen atoms in total. The highest BCUT2D eigenvalue weighted by molar-refractivity contribution is 7.89. The first-order valence-electron chi connectivity index (χ1n) is 11.8. The van der Waals surface area contributed by atoms with Gasteiger partial charge in [0.25, 0.3) is 15.7 Å². The number of nitrogens with zero attached hydrogens (tertiary/aromatic N) is 2.